The number of nitrogens with zero attached hydrogens (tertiary/aromatic N) is 2. The highest BCUT2D eigenvalue weighted by Crippen LogP contribution is 2.45. The predicted octanol–water partition coefficient (Wildman–Crippen LogP) is 5.16. The first kappa shape index (κ1) is 18.9. The molecule has 6 heteroatoms. The van der Waals surface area contributed by atoms with Crippen LogP contribution in [-0.4, -0.2) is 21.7 Å². The van der Waals surface area contributed by atoms with Crippen molar-refractivity contribution in [2.24, 2.45) is 5.92 Å². The van der Waals surface area contributed by atoms with E-state index in [1.165, 1.54) is 24.6 Å². The van der Waals surface area contributed by atoms with Gasteiger partial charge in [0.25, 0.3) is 0 Å². The van der Waals surface area contributed by atoms with Crippen molar-refractivity contribution < 1.29 is 17.9 Å². The van der Waals surface area contributed by atoms with Gasteiger partial charge in [-0.15, -0.1) is 0 Å². The number of ether oxygens (including phenoxy) is 1. The van der Waals surface area contributed by atoms with Crippen LogP contribution in [0.15, 0.2) is 67.2 Å². The summed E-state index contributed by atoms with van der Waals surface area (Å²) in [6.07, 6.45) is 6.58. The molecule has 0 radical (unpaired) electrons. The van der Waals surface area contributed by atoms with Crippen LogP contribution in [0.4, 0.5) is 13.2 Å². The van der Waals surface area contributed by atoms with Gasteiger partial charge in [-0.05, 0) is 24.0 Å². The van der Waals surface area contributed by atoms with E-state index in [1.54, 1.807) is 12.3 Å². The molecular weight excluding hydrogens is 365 g/mol. The summed E-state index contributed by atoms with van der Waals surface area (Å²) in [5.74, 6) is -1.42. The molecule has 0 N–H and O–H groups in total. The Labute approximate surface area is 162 Å². The minimum Gasteiger partial charge on any atom is -0.365 e. The Kier molecular flexibility index (Phi) is 5.06. The second-order valence-electron chi connectivity index (χ2n) is 7.38. The van der Waals surface area contributed by atoms with Crippen molar-refractivity contribution in [3.8, 4) is 0 Å². The summed E-state index contributed by atoms with van der Waals surface area (Å²) in [6.45, 7) is 0.0953. The van der Waals surface area contributed by atoms with Crippen molar-refractivity contribution in [3.63, 3.8) is 0 Å². The van der Waals surface area contributed by atoms with Crippen molar-refractivity contribution in [3.05, 3.63) is 84.0 Å². The first-order chi connectivity index (χ1) is 13.5. The number of aromatic nitrogens is 2. The van der Waals surface area contributed by atoms with Gasteiger partial charge in [0.05, 0.1) is 12.3 Å². The number of rotatable bonds is 6. The van der Waals surface area contributed by atoms with Crippen LogP contribution >= 0.6 is 0 Å². The molecule has 4 rings (SSSR count). The number of halogens is 3. The van der Waals surface area contributed by atoms with Crippen LogP contribution in [0.3, 0.4) is 0 Å². The highest BCUT2D eigenvalue weighted by Gasteiger charge is 2.53. The smallest absolute Gasteiger partial charge is 0.365 e. The van der Waals surface area contributed by atoms with Crippen molar-refractivity contribution in [1.82, 2.24) is 9.97 Å². The second-order valence-corrected chi connectivity index (χ2v) is 7.38. The van der Waals surface area contributed by atoms with Gasteiger partial charge in [-0.1, -0.05) is 54.6 Å². The van der Waals surface area contributed by atoms with Gasteiger partial charge >= 0.3 is 6.18 Å². The lowest BCUT2D eigenvalue weighted by atomic mass is 9.78. The maximum Gasteiger partial charge on any atom is 0.398 e. The Morgan fingerprint density at radius 3 is 2.61 bits per heavy atom. The molecule has 0 aliphatic heterocycles. The summed E-state index contributed by atoms with van der Waals surface area (Å²) in [4.78, 5) is 8.42. The zero-order valence-electron chi connectivity index (χ0n) is 15.3. The molecule has 1 aromatic heterocycles. The summed E-state index contributed by atoms with van der Waals surface area (Å²) < 4.78 is 47.9. The number of hydrogen-bond acceptors (Lipinski definition) is 3. The van der Waals surface area contributed by atoms with Gasteiger partial charge in [0, 0.05) is 18.5 Å². The maximum atomic E-state index is 13.9. The van der Waals surface area contributed by atoms with Crippen LogP contribution < -0.4 is 0 Å². The van der Waals surface area contributed by atoms with E-state index in [-0.39, 0.29) is 13.0 Å². The number of alkyl halides is 3. The Bertz CT molecular complexity index is 875. The van der Waals surface area contributed by atoms with Crippen molar-refractivity contribution in [2.75, 3.05) is 0 Å². The molecule has 2 aliphatic carbocycles. The minimum atomic E-state index is -4.42. The fourth-order valence-corrected chi connectivity index (χ4v) is 3.72. The summed E-state index contributed by atoms with van der Waals surface area (Å²) in [5, 5.41) is 0. The molecule has 2 aliphatic rings. The van der Waals surface area contributed by atoms with E-state index >= 15 is 0 Å². The van der Waals surface area contributed by atoms with E-state index in [4.69, 9.17) is 4.74 Å². The first-order valence-corrected chi connectivity index (χ1v) is 9.37. The van der Waals surface area contributed by atoms with Crippen LogP contribution in [0.1, 0.15) is 35.6 Å². The summed E-state index contributed by atoms with van der Waals surface area (Å²) in [6, 6.07) is 9.25. The molecule has 1 saturated carbocycles. The molecular formula is C22H21F3N2O. The lowest BCUT2D eigenvalue weighted by molar-refractivity contribution is -0.213. The second kappa shape index (κ2) is 7.51. The zero-order valence-corrected chi connectivity index (χ0v) is 15.3. The van der Waals surface area contributed by atoms with E-state index in [0.29, 0.717) is 5.92 Å². The lowest BCUT2D eigenvalue weighted by Crippen LogP contribution is -2.48. The van der Waals surface area contributed by atoms with Crippen LogP contribution in [0.5, 0.6) is 0 Å². The Balaban J connectivity index is 1.69. The van der Waals surface area contributed by atoms with Gasteiger partial charge < -0.3 is 4.74 Å². The monoisotopic (exact) mass is 386 g/mol. The SMILES string of the molecule is FC(F)(F)C1C=CC=CC1(Cc1cncnc1C1CC1)OCc1ccccc1. The normalized spacial score (nSPS) is 24.5. The number of benzene rings is 1. The molecule has 1 heterocycles. The van der Waals surface area contributed by atoms with E-state index < -0.39 is 17.7 Å². The average molecular weight is 386 g/mol. The molecule has 0 bridgehead atoms. The van der Waals surface area contributed by atoms with E-state index in [0.717, 1.165) is 29.7 Å². The van der Waals surface area contributed by atoms with E-state index in [2.05, 4.69) is 9.97 Å². The molecule has 2 unspecified atom stereocenters. The zero-order chi connectivity index (χ0) is 19.6. The van der Waals surface area contributed by atoms with Gasteiger partial charge in [-0.3, -0.25) is 0 Å². The molecule has 1 fully saturated rings. The van der Waals surface area contributed by atoms with Crippen molar-refractivity contribution in [1.29, 1.82) is 0 Å². The molecule has 0 spiro atoms. The van der Waals surface area contributed by atoms with Crippen LogP contribution in [0, 0.1) is 5.92 Å². The molecule has 0 saturated heterocycles. The highest BCUT2D eigenvalue weighted by molar-refractivity contribution is 5.32. The van der Waals surface area contributed by atoms with Crippen LogP contribution in [0.25, 0.3) is 0 Å². The number of allylic oxidation sites excluding steroid dienone is 2. The van der Waals surface area contributed by atoms with Crippen molar-refractivity contribution >= 4 is 0 Å². The average Bonchev–Trinajstić information content (AvgIpc) is 3.52. The minimum absolute atomic E-state index is 0.0809. The fourth-order valence-electron chi connectivity index (χ4n) is 3.72. The van der Waals surface area contributed by atoms with Gasteiger partial charge in [0.1, 0.15) is 17.8 Å². The van der Waals surface area contributed by atoms with E-state index in [9.17, 15) is 13.2 Å². The molecule has 0 amide bonds. The molecule has 2 atom stereocenters. The lowest BCUT2D eigenvalue weighted by Gasteiger charge is -2.40. The van der Waals surface area contributed by atoms with Crippen molar-refractivity contribution in [2.45, 2.75) is 43.6 Å². The fraction of sp³-hybridized carbons (Fsp3) is 0.364. The third kappa shape index (κ3) is 4.02. The first-order valence-electron chi connectivity index (χ1n) is 9.37. The quantitative estimate of drug-likeness (QED) is 0.688. The molecule has 3 nitrogen and oxygen atoms in total. The maximum absolute atomic E-state index is 13.9. The van der Waals surface area contributed by atoms with Gasteiger partial charge in [-0.25, -0.2) is 9.97 Å². The molecule has 28 heavy (non-hydrogen) atoms. The Morgan fingerprint density at radius 2 is 1.89 bits per heavy atom. The third-order valence-electron chi connectivity index (χ3n) is 5.28. The third-order valence-corrected chi connectivity index (χ3v) is 5.28. The summed E-state index contributed by atoms with van der Waals surface area (Å²) >= 11 is 0. The topological polar surface area (TPSA) is 35.0 Å². The Hall–Kier alpha value is -2.47. The Morgan fingerprint density at radius 1 is 1.11 bits per heavy atom. The summed E-state index contributed by atoms with van der Waals surface area (Å²) in [5.41, 5.74) is 0.878. The predicted molar refractivity (Wildman–Crippen MR) is 99.5 cm³/mol. The largest absolute Gasteiger partial charge is 0.398 e. The van der Waals surface area contributed by atoms with Gasteiger partial charge in [0.2, 0.25) is 0 Å². The molecule has 1 aromatic carbocycles. The van der Waals surface area contributed by atoms with E-state index in [1.807, 2.05) is 30.3 Å². The van der Waals surface area contributed by atoms with Crippen LogP contribution in [0.2, 0.25) is 0 Å². The van der Waals surface area contributed by atoms with Crippen LogP contribution in [-0.2, 0) is 17.8 Å². The molecule has 2 aromatic rings. The van der Waals surface area contributed by atoms with Gasteiger partial charge in [0.15, 0.2) is 0 Å². The van der Waals surface area contributed by atoms with Gasteiger partial charge in [-0.2, -0.15) is 13.2 Å². The summed E-state index contributed by atoms with van der Waals surface area (Å²) in [7, 11) is 0. The molecule has 146 valence electrons. The number of hydrogen-bond donors (Lipinski definition) is 0. The standard InChI is InChI=1S/C22H21F3N2O/c23-22(24,25)19-8-4-5-11-21(19,28-14-16-6-2-1-3-7-16)12-18-13-26-15-27-20(18)17-9-10-17/h1-8,11,13,15,17,19H,9-10,12,14H2. The highest BCUT2D eigenvalue weighted by atomic mass is 19.4.